The fraction of sp³-hybridized carbons (Fsp3) is 0.480. The van der Waals surface area contributed by atoms with E-state index in [1.54, 1.807) is 0 Å². The number of halogens is 1. The summed E-state index contributed by atoms with van der Waals surface area (Å²) >= 11 is 1.87. The van der Waals surface area contributed by atoms with Crippen LogP contribution in [0.3, 0.4) is 0 Å². The fourth-order valence-electron chi connectivity index (χ4n) is 3.61. The molecule has 2 aromatic carbocycles. The summed E-state index contributed by atoms with van der Waals surface area (Å²) in [6, 6.07) is 19.3. The molecule has 0 radical (unpaired) electrons. The summed E-state index contributed by atoms with van der Waals surface area (Å²) in [5, 5.41) is 16.9. The molecule has 0 bridgehead atoms. The van der Waals surface area contributed by atoms with Crippen LogP contribution < -0.4 is 10.6 Å². The molecule has 1 aliphatic heterocycles. The first-order chi connectivity index (χ1) is 15.1. The molecule has 1 saturated heterocycles. The zero-order chi connectivity index (χ0) is 21.9. The standard InChI is InChI=1S/C25H36N4OS.HI/c1-3-26-25(27-17-20(2)31-24-7-5-4-6-8-24)28-18-21-9-11-22(12-10-21)19-29-15-13-23(30)14-16-29;/h4-12,20,23,30H,3,13-19H2,1-2H3,(H2,26,27,28);1H. The monoisotopic (exact) mass is 568 g/mol. The Labute approximate surface area is 214 Å². The molecule has 1 atom stereocenters. The van der Waals surface area contributed by atoms with E-state index in [2.05, 4.69) is 77.9 Å². The molecule has 3 rings (SSSR count). The van der Waals surface area contributed by atoms with Crippen LogP contribution in [0.4, 0.5) is 0 Å². The summed E-state index contributed by atoms with van der Waals surface area (Å²) in [5.74, 6) is 0.860. The fourth-order valence-corrected chi connectivity index (χ4v) is 4.56. The average molecular weight is 569 g/mol. The molecule has 0 spiro atoms. The van der Waals surface area contributed by atoms with Crippen molar-refractivity contribution in [2.24, 2.45) is 4.99 Å². The Hall–Kier alpha value is -1.29. The summed E-state index contributed by atoms with van der Waals surface area (Å²) in [7, 11) is 0. The van der Waals surface area contributed by atoms with Gasteiger partial charge in [-0.2, -0.15) is 0 Å². The molecule has 0 aromatic heterocycles. The minimum atomic E-state index is -0.115. The highest BCUT2D eigenvalue weighted by molar-refractivity contribution is 14.0. The lowest BCUT2D eigenvalue weighted by Gasteiger charge is -2.29. The van der Waals surface area contributed by atoms with Gasteiger partial charge in [-0.1, -0.05) is 49.4 Å². The summed E-state index contributed by atoms with van der Waals surface area (Å²) < 4.78 is 0. The topological polar surface area (TPSA) is 59.9 Å². The molecule has 1 unspecified atom stereocenters. The molecule has 1 heterocycles. The zero-order valence-corrected chi connectivity index (χ0v) is 22.3. The second-order valence-electron chi connectivity index (χ2n) is 8.14. The molecular weight excluding hydrogens is 531 g/mol. The van der Waals surface area contributed by atoms with E-state index in [9.17, 15) is 5.11 Å². The van der Waals surface area contributed by atoms with E-state index in [1.807, 2.05) is 17.8 Å². The van der Waals surface area contributed by atoms with Crippen LogP contribution in [-0.2, 0) is 13.1 Å². The highest BCUT2D eigenvalue weighted by Gasteiger charge is 2.16. The molecule has 0 amide bonds. The molecule has 3 N–H and O–H groups in total. The Kier molecular flexibility index (Phi) is 12.4. The van der Waals surface area contributed by atoms with Crippen molar-refractivity contribution in [1.82, 2.24) is 15.5 Å². The van der Waals surface area contributed by atoms with Crippen LogP contribution in [0.5, 0.6) is 0 Å². The third-order valence-electron chi connectivity index (χ3n) is 5.39. The maximum Gasteiger partial charge on any atom is 0.191 e. The number of hydrogen-bond acceptors (Lipinski definition) is 4. The number of rotatable bonds is 9. The molecule has 0 aliphatic carbocycles. The van der Waals surface area contributed by atoms with Gasteiger partial charge in [-0.05, 0) is 43.0 Å². The van der Waals surface area contributed by atoms with Gasteiger partial charge in [0.05, 0.1) is 12.6 Å². The summed E-state index contributed by atoms with van der Waals surface area (Å²) in [6.07, 6.45) is 1.65. The van der Waals surface area contributed by atoms with Crippen molar-refractivity contribution in [3.05, 3.63) is 65.7 Å². The number of guanidine groups is 1. The van der Waals surface area contributed by atoms with Crippen LogP contribution in [0, 0.1) is 0 Å². The Morgan fingerprint density at radius 2 is 1.72 bits per heavy atom. The number of aliphatic imine (C=N–C) groups is 1. The van der Waals surface area contributed by atoms with Crippen molar-refractivity contribution in [3.8, 4) is 0 Å². The van der Waals surface area contributed by atoms with Crippen LogP contribution in [0.2, 0.25) is 0 Å². The van der Waals surface area contributed by atoms with Gasteiger partial charge in [-0.15, -0.1) is 35.7 Å². The van der Waals surface area contributed by atoms with E-state index in [-0.39, 0.29) is 30.1 Å². The Morgan fingerprint density at radius 1 is 1.06 bits per heavy atom. The Morgan fingerprint density at radius 3 is 2.38 bits per heavy atom. The van der Waals surface area contributed by atoms with E-state index in [1.165, 1.54) is 16.0 Å². The normalized spacial score (nSPS) is 16.3. The third-order valence-corrected chi connectivity index (χ3v) is 6.50. The van der Waals surface area contributed by atoms with Crippen LogP contribution in [0.1, 0.15) is 37.8 Å². The summed E-state index contributed by atoms with van der Waals surface area (Å²) in [6.45, 7) is 9.59. The molecule has 1 aliphatic rings. The van der Waals surface area contributed by atoms with Crippen molar-refractivity contribution >= 4 is 41.7 Å². The molecule has 7 heteroatoms. The first-order valence-electron chi connectivity index (χ1n) is 11.3. The number of nitrogens with one attached hydrogen (secondary N) is 2. The van der Waals surface area contributed by atoms with Gasteiger partial charge >= 0.3 is 0 Å². The second-order valence-corrected chi connectivity index (χ2v) is 9.65. The smallest absolute Gasteiger partial charge is 0.191 e. The number of thioether (sulfide) groups is 1. The van der Waals surface area contributed by atoms with Gasteiger partial charge in [0, 0.05) is 42.9 Å². The summed E-state index contributed by atoms with van der Waals surface area (Å²) in [4.78, 5) is 8.47. The first-order valence-corrected chi connectivity index (χ1v) is 12.2. The van der Waals surface area contributed by atoms with E-state index < -0.39 is 0 Å². The minimum Gasteiger partial charge on any atom is -0.393 e. The number of hydrogen-bond donors (Lipinski definition) is 3. The van der Waals surface area contributed by atoms with Gasteiger partial charge < -0.3 is 15.7 Å². The van der Waals surface area contributed by atoms with Crippen molar-refractivity contribution in [3.63, 3.8) is 0 Å². The van der Waals surface area contributed by atoms with Gasteiger partial charge in [0.25, 0.3) is 0 Å². The molecule has 176 valence electrons. The Balaban J connectivity index is 0.00000363. The van der Waals surface area contributed by atoms with E-state index in [0.717, 1.165) is 51.5 Å². The third kappa shape index (κ3) is 9.68. The second kappa shape index (κ2) is 14.8. The number of piperidine rings is 1. The highest BCUT2D eigenvalue weighted by Crippen LogP contribution is 2.22. The predicted molar refractivity (Wildman–Crippen MR) is 147 cm³/mol. The lowest BCUT2D eigenvalue weighted by Crippen LogP contribution is -2.40. The van der Waals surface area contributed by atoms with Crippen LogP contribution in [0.15, 0.2) is 64.5 Å². The van der Waals surface area contributed by atoms with Crippen molar-refractivity contribution in [1.29, 1.82) is 0 Å². The van der Waals surface area contributed by atoms with E-state index in [0.29, 0.717) is 11.8 Å². The van der Waals surface area contributed by atoms with Gasteiger partial charge in [0.1, 0.15) is 0 Å². The molecule has 5 nitrogen and oxygen atoms in total. The molecule has 0 saturated carbocycles. The van der Waals surface area contributed by atoms with Crippen molar-refractivity contribution < 1.29 is 5.11 Å². The predicted octanol–water partition coefficient (Wildman–Crippen LogP) is 4.50. The number of aliphatic hydroxyl groups is 1. The number of aliphatic hydroxyl groups excluding tert-OH is 1. The molecule has 2 aromatic rings. The van der Waals surface area contributed by atoms with Crippen LogP contribution >= 0.6 is 35.7 Å². The zero-order valence-electron chi connectivity index (χ0n) is 19.2. The largest absolute Gasteiger partial charge is 0.393 e. The highest BCUT2D eigenvalue weighted by atomic mass is 127. The van der Waals surface area contributed by atoms with Gasteiger partial charge in [-0.3, -0.25) is 4.90 Å². The SMILES string of the molecule is CCNC(=NCc1ccc(CN2CCC(O)CC2)cc1)NCC(C)Sc1ccccc1.I. The minimum absolute atomic E-state index is 0. The molecule has 1 fully saturated rings. The van der Waals surface area contributed by atoms with Gasteiger partial charge in [-0.25, -0.2) is 4.99 Å². The van der Waals surface area contributed by atoms with Crippen LogP contribution in [-0.4, -0.2) is 53.5 Å². The Bertz CT molecular complexity index is 795. The average Bonchev–Trinajstić information content (AvgIpc) is 2.79. The van der Waals surface area contributed by atoms with Crippen molar-refractivity contribution in [2.75, 3.05) is 26.2 Å². The number of nitrogens with zero attached hydrogens (tertiary/aromatic N) is 2. The van der Waals surface area contributed by atoms with E-state index >= 15 is 0 Å². The number of benzene rings is 2. The summed E-state index contributed by atoms with van der Waals surface area (Å²) in [5.41, 5.74) is 2.53. The maximum absolute atomic E-state index is 9.66. The van der Waals surface area contributed by atoms with Crippen molar-refractivity contribution in [2.45, 2.75) is 56.0 Å². The van der Waals surface area contributed by atoms with E-state index in [4.69, 9.17) is 4.99 Å². The maximum atomic E-state index is 9.66. The van der Waals surface area contributed by atoms with Gasteiger partial charge in [0.2, 0.25) is 0 Å². The molecule has 32 heavy (non-hydrogen) atoms. The molecular formula is C25H37IN4OS. The van der Waals surface area contributed by atoms with Crippen LogP contribution in [0.25, 0.3) is 0 Å². The lowest BCUT2D eigenvalue weighted by molar-refractivity contribution is 0.0792. The number of likely N-dealkylation sites (tertiary alicyclic amines) is 1. The quantitative estimate of drug-likeness (QED) is 0.180. The first kappa shape index (κ1) is 27.0. The lowest BCUT2D eigenvalue weighted by atomic mass is 10.1. The van der Waals surface area contributed by atoms with Gasteiger partial charge in [0.15, 0.2) is 5.96 Å².